The molecule has 12 heteroatoms. The number of amides is 4. The molecule has 1 atom stereocenters. The molecule has 2 aliphatic rings. The van der Waals surface area contributed by atoms with Crippen LogP contribution in [-0.2, 0) is 19.1 Å². The lowest BCUT2D eigenvalue weighted by molar-refractivity contribution is -0.187. The third-order valence-electron chi connectivity index (χ3n) is 8.69. The van der Waals surface area contributed by atoms with E-state index in [1.165, 1.54) is 12.1 Å². The Morgan fingerprint density at radius 2 is 1.28 bits per heavy atom. The lowest BCUT2D eigenvalue weighted by Gasteiger charge is -2.33. The summed E-state index contributed by atoms with van der Waals surface area (Å²) < 4.78 is 17.4. The third kappa shape index (κ3) is 9.08. The Morgan fingerprint density at radius 1 is 0.755 bits per heavy atom. The van der Waals surface area contributed by atoms with Crippen molar-refractivity contribution in [3.63, 3.8) is 0 Å². The monoisotopic (exact) mass is 719 g/mol. The number of piperidine rings is 1. The van der Waals surface area contributed by atoms with E-state index in [-0.39, 0.29) is 29.2 Å². The molecule has 1 unspecified atom stereocenters. The minimum Gasteiger partial charge on any atom is -0.490 e. The van der Waals surface area contributed by atoms with Gasteiger partial charge >= 0.3 is 12.1 Å². The molecule has 4 aromatic rings. The molecule has 0 aliphatic carbocycles. The molecule has 274 valence electrons. The summed E-state index contributed by atoms with van der Waals surface area (Å²) in [6.07, 6.45) is -1.55. The van der Waals surface area contributed by atoms with Gasteiger partial charge in [-0.2, -0.15) is 0 Å². The van der Waals surface area contributed by atoms with Gasteiger partial charge in [-0.3, -0.25) is 14.4 Å². The van der Waals surface area contributed by atoms with Crippen molar-refractivity contribution in [2.75, 3.05) is 19.7 Å². The summed E-state index contributed by atoms with van der Waals surface area (Å²) in [5.41, 5.74) is 1.52. The van der Waals surface area contributed by atoms with Crippen LogP contribution in [0.1, 0.15) is 81.9 Å². The quantitative estimate of drug-likeness (QED) is 0.143. The standard InChI is InChI=1S/C41H41N3O9/c1-41(2,3)52-40(49)43-24-22-30(23-25-43)42-36(45)29-18-20-31(21-19-29)50-26-34(53-44-37(46)32-16-10-11-17-33(32)38(44)47)39(48)51-35(27-12-6-4-7-13-27)28-14-8-5-9-15-28/h4-21,30,34-35H,22-26H2,1-3H3,(H,42,45). The van der Waals surface area contributed by atoms with E-state index in [0.717, 1.165) is 0 Å². The van der Waals surface area contributed by atoms with Crippen LogP contribution in [0.15, 0.2) is 109 Å². The summed E-state index contributed by atoms with van der Waals surface area (Å²) in [5.74, 6) is -2.27. The maximum absolute atomic E-state index is 13.9. The van der Waals surface area contributed by atoms with Crippen molar-refractivity contribution in [1.82, 2.24) is 15.3 Å². The number of fused-ring (bicyclic) bond motifs is 1. The van der Waals surface area contributed by atoms with E-state index in [0.29, 0.717) is 53.4 Å². The van der Waals surface area contributed by atoms with Crippen molar-refractivity contribution in [2.24, 2.45) is 0 Å². The average Bonchev–Trinajstić information content (AvgIpc) is 3.40. The van der Waals surface area contributed by atoms with E-state index in [1.54, 1.807) is 41.3 Å². The predicted octanol–water partition coefficient (Wildman–Crippen LogP) is 6.12. The molecule has 6 rings (SSSR count). The van der Waals surface area contributed by atoms with E-state index in [9.17, 15) is 24.0 Å². The van der Waals surface area contributed by atoms with E-state index in [4.69, 9.17) is 19.0 Å². The Balaban J connectivity index is 1.12. The van der Waals surface area contributed by atoms with Gasteiger partial charge in [0, 0.05) is 24.7 Å². The first-order chi connectivity index (χ1) is 25.5. The van der Waals surface area contributed by atoms with Crippen molar-refractivity contribution in [1.29, 1.82) is 0 Å². The van der Waals surface area contributed by atoms with Crippen molar-refractivity contribution in [3.8, 4) is 5.75 Å². The van der Waals surface area contributed by atoms with Gasteiger partial charge in [0.15, 0.2) is 6.10 Å². The number of nitrogens with zero attached hydrogens (tertiary/aromatic N) is 2. The first-order valence-corrected chi connectivity index (χ1v) is 17.4. The number of nitrogens with one attached hydrogen (secondary N) is 1. The maximum Gasteiger partial charge on any atom is 0.410 e. The van der Waals surface area contributed by atoms with Crippen molar-refractivity contribution < 1.29 is 43.0 Å². The molecule has 12 nitrogen and oxygen atoms in total. The first kappa shape index (κ1) is 36.8. The number of carbonyl (C=O) groups excluding carboxylic acids is 5. The van der Waals surface area contributed by atoms with Crippen LogP contribution in [0.25, 0.3) is 0 Å². The van der Waals surface area contributed by atoms with E-state index in [1.807, 2.05) is 81.4 Å². The summed E-state index contributed by atoms with van der Waals surface area (Å²) in [6, 6.07) is 30.8. The van der Waals surface area contributed by atoms with Gasteiger partial charge in [-0.05, 0) is 81.1 Å². The largest absolute Gasteiger partial charge is 0.490 e. The first-order valence-electron chi connectivity index (χ1n) is 17.4. The Hall–Kier alpha value is -6.01. The second-order valence-electron chi connectivity index (χ2n) is 13.7. The number of imide groups is 1. The Bertz CT molecular complexity index is 1860. The maximum atomic E-state index is 13.9. The van der Waals surface area contributed by atoms with E-state index < -0.39 is 42.2 Å². The summed E-state index contributed by atoms with van der Waals surface area (Å²) >= 11 is 0. The SMILES string of the molecule is CC(C)(C)OC(=O)N1CCC(NC(=O)c2ccc(OCC(ON3C(=O)c4ccccc4C3=O)C(=O)OC(c3ccccc3)c3ccccc3)cc2)CC1. The van der Waals surface area contributed by atoms with Gasteiger partial charge in [0.1, 0.15) is 18.0 Å². The van der Waals surface area contributed by atoms with Gasteiger partial charge in [-0.1, -0.05) is 72.8 Å². The molecule has 0 saturated carbocycles. The van der Waals surface area contributed by atoms with Crippen molar-refractivity contribution in [3.05, 3.63) is 137 Å². The molecule has 4 aromatic carbocycles. The normalized spacial score (nSPS) is 15.2. The predicted molar refractivity (Wildman–Crippen MR) is 193 cm³/mol. The van der Waals surface area contributed by atoms with Crippen LogP contribution in [0.3, 0.4) is 0 Å². The highest BCUT2D eigenvalue weighted by molar-refractivity contribution is 6.20. The highest BCUT2D eigenvalue weighted by Crippen LogP contribution is 2.29. The Labute approximate surface area is 307 Å². The summed E-state index contributed by atoms with van der Waals surface area (Å²) in [7, 11) is 0. The number of hydrogen-bond donors (Lipinski definition) is 1. The van der Waals surface area contributed by atoms with Crippen molar-refractivity contribution in [2.45, 2.75) is 57.5 Å². The van der Waals surface area contributed by atoms with Crippen LogP contribution in [0.4, 0.5) is 4.79 Å². The molecule has 0 bridgehead atoms. The van der Waals surface area contributed by atoms with E-state index >= 15 is 0 Å². The second-order valence-corrected chi connectivity index (χ2v) is 13.7. The molecule has 4 amide bonds. The fourth-order valence-corrected chi connectivity index (χ4v) is 5.98. The fraction of sp³-hybridized carbons (Fsp3) is 0.293. The third-order valence-corrected chi connectivity index (χ3v) is 8.69. The van der Waals surface area contributed by atoms with Gasteiger partial charge in [-0.15, -0.1) is 5.06 Å². The van der Waals surface area contributed by atoms with Crippen LogP contribution in [0, 0.1) is 0 Å². The number of hydroxylamine groups is 2. The molecule has 0 aromatic heterocycles. The second kappa shape index (κ2) is 16.1. The summed E-state index contributed by atoms with van der Waals surface area (Å²) in [4.78, 5) is 73.1. The van der Waals surface area contributed by atoms with Crippen LogP contribution in [0.2, 0.25) is 0 Å². The molecule has 0 spiro atoms. The number of hydrogen-bond acceptors (Lipinski definition) is 9. The zero-order valence-electron chi connectivity index (χ0n) is 29.7. The van der Waals surface area contributed by atoms with E-state index in [2.05, 4.69) is 5.32 Å². The van der Waals surface area contributed by atoms with Gasteiger partial charge in [-0.25, -0.2) is 14.4 Å². The number of esters is 1. The molecule has 2 heterocycles. The molecule has 1 fully saturated rings. The van der Waals surface area contributed by atoms with Crippen LogP contribution in [0.5, 0.6) is 5.75 Å². The van der Waals surface area contributed by atoms with Gasteiger partial charge < -0.3 is 24.4 Å². The summed E-state index contributed by atoms with van der Waals surface area (Å²) in [5, 5.41) is 3.58. The minimum absolute atomic E-state index is 0.112. The number of benzene rings is 4. The molecular formula is C41H41N3O9. The molecule has 1 saturated heterocycles. The lowest BCUT2D eigenvalue weighted by atomic mass is 10.0. The molecular weight excluding hydrogens is 678 g/mol. The minimum atomic E-state index is -1.54. The highest BCUT2D eigenvalue weighted by Gasteiger charge is 2.41. The average molecular weight is 720 g/mol. The highest BCUT2D eigenvalue weighted by atomic mass is 16.7. The van der Waals surface area contributed by atoms with Crippen LogP contribution < -0.4 is 10.1 Å². The van der Waals surface area contributed by atoms with Gasteiger partial charge in [0.25, 0.3) is 17.7 Å². The molecule has 0 radical (unpaired) electrons. The number of ether oxygens (including phenoxy) is 3. The Morgan fingerprint density at radius 3 is 1.81 bits per heavy atom. The molecule has 1 N–H and O–H groups in total. The van der Waals surface area contributed by atoms with Gasteiger partial charge in [0.05, 0.1) is 11.1 Å². The lowest BCUT2D eigenvalue weighted by Crippen LogP contribution is -2.47. The van der Waals surface area contributed by atoms with Gasteiger partial charge in [0.2, 0.25) is 6.10 Å². The van der Waals surface area contributed by atoms with Crippen molar-refractivity contribution >= 4 is 29.8 Å². The van der Waals surface area contributed by atoms with Crippen LogP contribution in [-0.4, -0.2) is 77.2 Å². The Kier molecular flexibility index (Phi) is 11.2. The molecule has 2 aliphatic heterocycles. The zero-order valence-corrected chi connectivity index (χ0v) is 29.7. The molecule has 53 heavy (non-hydrogen) atoms. The topological polar surface area (TPSA) is 141 Å². The number of likely N-dealkylation sites (tertiary alicyclic amines) is 1. The van der Waals surface area contributed by atoms with Crippen LogP contribution >= 0.6 is 0 Å². The smallest absolute Gasteiger partial charge is 0.410 e. The fourth-order valence-electron chi connectivity index (χ4n) is 5.98. The summed E-state index contributed by atoms with van der Waals surface area (Å²) in [6.45, 7) is 5.97. The number of rotatable bonds is 11. The number of carbonyl (C=O) groups is 5. The zero-order chi connectivity index (χ0) is 37.5.